The molecule has 0 aromatic rings. The molecule has 192 valence electrons. The minimum absolute atomic E-state index is 0.00785. The van der Waals surface area contributed by atoms with E-state index in [4.69, 9.17) is 0 Å². The van der Waals surface area contributed by atoms with Gasteiger partial charge in [0.15, 0.2) is 0 Å². The molecule has 0 aromatic carbocycles. The summed E-state index contributed by atoms with van der Waals surface area (Å²) >= 11 is 0. The molecule has 0 saturated heterocycles. The van der Waals surface area contributed by atoms with Gasteiger partial charge in [-0.05, 0) is 103 Å². The first kappa shape index (κ1) is 24.8. The molecule has 5 aliphatic carbocycles. The van der Waals surface area contributed by atoms with Gasteiger partial charge >= 0.3 is 5.97 Å². The Morgan fingerprint density at radius 1 is 0.853 bits per heavy atom. The van der Waals surface area contributed by atoms with Crippen molar-refractivity contribution < 1.29 is 20.1 Å². The average molecular weight is 473 g/mol. The smallest absolute Gasteiger partial charge is 0.310 e. The lowest BCUT2D eigenvalue weighted by Crippen LogP contribution is -2.65. The lowest BCUT2D eigenvalue weighted by Gasteiger charge is -2.71. The van der Waals surface area contributed by atoms with Crippen LogP contribution in [0, 0.1) is 50.2 Å². The minimum Gasteiger partial charge on any atom is -0.481 e. The molecule has 0 unspecified atom stereocenters. The summed E-state index contributed by atoms with van der Waals surface area (Å²) in [5, 5.41) is 32.3. The maximum Gasteiger partial charge on any atom is 0.310 e. The number of aliphatic carboxylic acids is 1. The number of allylic oxidation sites excluding steroid dienone is 2. The van der Waals surface area contributed by atoms with Crippen LogP contribution in [-0.4, -0.2) is 33.5 Å². The Bertz CT molecular complexity index is 919. The summed E-state index contributed by atoms with van der Waals surface area (Å²) < 4.78 is 0. The molecule has 0 heterocycles. The number of aliphatic hydroxyl groups is 2. The standard InChI is InChI=1S/C30H48O4/c1-25(2)16-19-18-8-9-21-27(5)12-11-22(31)26(3,4)20(27)10-13-29(21,7)28(18,6)14-15-30(19,24(33)34)17-23(25)32/h8,19-23,31-32H,9-17H2,1-7H3,(H,33,34)/t19-,20+,21-,22-,23+,27+,28-,29-,30-/m0/s1. The monoisotopic (exact) mass is 472 g/mol. The minimum atomic E-state index is -0.832. The van der Waals surface area contributed by atoms with Gasteiger partial charge in [0.25, 0.3) is 0 Å². The van der Waals surface area contributed by atoms with Gasteiger partial charge in [-0.15, -0.1) is 0 Å². The molecule has 0 aromatic heterocycles. The lowest BCUT2D eigenvalue weighted by atomic mass is 9.33. The number of aliphatic hydroxyl groups excluding tert-OH is 2. The van der Waals surface area contributed by atoms with Crippen LogP contribution in [0.5, 0.6) is 0 Å². The Kier molecular flexibility index (Phi) is 5.20. The summed E-state index contributed by atoms with van der Waals surface area (Å²) in [6.45, 7) is 16.3. The molecule has 4 heteroatoms. The van der Waals surface area contributed by atoms with E-state index in [1.165, 1.54) is 5.57 Å². The number of carboxylic acids is 1. The highest BCUT2D eigenvalue weighted by atomic mass is 16.4. The highest BCUT2D eigenvalue weighted by molar-refractivity contribution is 5.77. The second-order valence-electron chi connectivity index (χ2n) is 15.1. The maximum atomic E-state index is 12.8. The van der Waals surface area contributed by atoms with Crippen molar-refractivity contribution >= 4 is 5.97 Å². The van der Waals surface area contributed by atoms with Gasteiger partial charge in [-0.1, -0.05) is 60.1 Å². The molecule has 0 amide bonds. The molecule has 0 bridgehead atoms. The van der Waals surface area contributed by atoms with Gasteiger partial charge in [0.2, 0.25) is 0 Å². The van der Waals surface area contributed by atoms with Crippen LogP contribution in [0.1, 0.15) is 106 Å². The van der Waals surface area contributed by atoms with Crippen molar-refractivity contribution in [1.29, 1.82) is 0 Å². The van der Waals surface area contributed by atoms with Crippen LogP contribution >= 0.6 is 0 Å². The molecule has 0 aliphatic heterocycles. The van der Waals surface area contributed by atoms with Crippen LogP contribution in [0.15, 0.2) is 11.6 Å². The van der Waals surface area contributed by atoms with Crippen LogP contribution in [0.4, 0.5) is 0 Å². The molecule has 4 fully saturated rings. The topological polar surface area (TPSA) is 77.8 Å². The Balaban J connectivity index is 1.60. The Morgan fingerprint density at radius 3 is 2.18 bits per heavy atom. The molecule has 5 rings (SSSR count). The molecular weight excluding hydrogens is 424 g/mol. The predicted octanol–water partition coefficient (Wildman–Crippen LogP) is 6.20. The van der Waals surface area contributed by atoms with Gasteiger partial charge in [-0.25, -0.2) is 0 Å². The molecule has 0 spiro atoms. The fourth-order valence-electron chi connectivity index (χ4n) is 10.6. The number of carbonyl (C=O) groups is 1. The number of hydrogen-bond donors (Lipinski definition) is 3. The highest BCUT2D eigenvalue weighted by Gasteiger charge is 2.69. The second kappa shape index (κ2) is 7.12. The third-order valence-electron chi connectivity index (χ3n) is 13.2. The summed E-state index contributed by atoms with van der Waals surface area (Å²) in [5.41, 5.74) is 0.558. The van der Waals surface area contributed by atoms with E-state index in [2.05, 4.69) is 54.5 Å². The predicted molar refractivity (Wildman–Crippen MR) is 134 cm³/mol. The van der Waals surface area contributed by atoms with Crippen molar-refractivity contribution in [2.24, 2.45) is 50.2 Å². The number of rotatable bonds is 1. The SMILES string of the molecule is CC1(C)C[C@H]2C3=CC[C@H]4[C@]5(C)CC[C@H](O)C(C)(C)[C@H]5CC[C@]4(C)[C@@]3(C)CC[C@]2(C(=O)O)C[C@H]1O. The van der Waals surface area contributed by atoms with Crippen molar-refractivity contribution in [3.8, 4) is 0 Å². The van der Waals surface area contributed by atoms with Crippen molar-refractivity contribution in [1.82, 2.24) is 0 Å². The zero-order valence-electron chi connectivity index (χ0n) is 22.6. The Morgan fingerprint density at radius 2 is 1.53 bits per heavy atom. The van der Waals surface area contributed by atoms with Crippen LogP contribution in [0.3, 0.4) is 0 Å². The van der Waals surface area contributed by atoms with E-state index in [1.807, 2.05) is 0 Å². The lowest BCUT2D eigenvalue weighted by molar-refractivity contribution is -0.208. The van der Waals surface area contributed by atoms with Crippen molar-refractivity contribution in [2.75, 3.05) is 0 Å². The van der Waals surface area contributed by atoms with Gasteiger partial charge in [0.1, 0.15) is 0 Å². The Hall–Kier alpha value is -0.870. The average Bonchev–Trinajstić information content (AvgIpc) is 2.72. The fraction of sp³-hybridized carbons (Fsp3) is 0.900. The summed E-state index contributed by atoms with van der Waals surface area (Å²) in [4.78, 5) is 12.8. The number of hydrogen-bond acceptors (Lipinski definition) is 3. The van der Waals surface area contributed by atoms with Crippen molar-refractivity contribution in [3.63, 3.8) is 0 Å². The highest BCUT2D eigenvalue weighted by Crippen LogP contribution is 2.75. The summed E-state index contributed by atoms with van der Waals surface area (Å²) in [7, 11) is 0. The molecule has 0 radical (unpaired) electrons. The van der Waals surface area contributed by atoms with E-state index in [0.717, 1.165) is 44.9 Å². The zero-order valence-corrected chi connectivity index (χ0v) is 22.6. The summed E-state index contributed by atoms with van der Waals surface area (Å²) in [5.74, 6) is 0.376. The largest absolute Gasteiger partial charge is 0.481 e. The fourth-order valence-corrected chi connectivity index (χ4v) is 10.6. The first-order chi connectivity index (χ1) is 15.6. The first-order valence-corrected chi connectivity index (χ1v) is 13.9. The van der Waals surface area contributed by atoms with Gasteiger partial charge < -0.3 is 15.3 Å². The number of fused-ring (bicyclic) bond motifs is 7. The first-order valence-electron chi connectivity index (χ1n) is 13.9. The van der Waals surface area contributed by atoms with Gasteiger partial charge in [-0.3, -0.25) is 4.79 Å². The van der Waals surface area contributed by atoms with Crippen molar-refractivity contribution in [3.05, 3.63) is 11.6 Å². The van der Waals surface area contributed by atoms with E-state index >= 15 is 0 Å². The molecule has 9 atom stereocenters. The van der Waals surface area contributed by atoms with Crippen LogP contribution < -0.4 is 0 Å². The third kappa shape index (κ3) is 2.82. The van der Waals surface area contributed by atoms with Gasteiger partial charge in [0, 0.05) is 0 Å². The van der Waals surface area contributed by atoms with E-state index in [-0.39, 0.29) is 39.1 Å². The quantitative estimate of drug-likeness (QED) is 0.397. The summed E-state index contributed by atoms with van der Waals surface area (Å²) in [6, 6.07) is 0. The molecular formula is C30H48O4. The van der Waals surface area contributed by atoms with E-state index in [0.29, 0.717) is 24.7 Å². The summed E-state index contributed by atoms with van der Waals surface area (Å²) in [6.07, 6.45) is 9.68. The van der Waals surface area contributed by atoms with Crippen LogP contribution in [-0.2, 0) is 4.79 Å². The van der Waals surface area contributed by atoms with Crippen molar-refractivity contribution in [2.45, 2.75) is 118 Å². The molecule has 3 N–H and O–H groups in total. The molecule has 4 saturated carbocycles. The second-order valence-corrected chi connectivity index (χ2v) is 15.1. The maximum absolute atomic E-state index is 12.8. The van der Waals surface area contributed by atoms with Gasteiger partial charge in [-0.2, -0.15) is 0 Å². The normalized spacial score (nSPS) is 53.4. The molecule has 34 heavy (non-hydrogen) atoms. The van der Waals surface area contributed by atoms with Crippen LogP contribution in [0.2, 0.25) is 0 Å². The zero-order chi connectivity index (χ0) is 25.1. The van der Waals surface area contributed by atoms with E-state index in [9.17, 15) is 20.1 Å². The number of carboxylic acid groups (broad SMARTS) is 1. The molecule has 4 nitrogen and oxygen atoms in total. The molecule has 5 aliphatic rings. The van der Waals surface area contributed by atoms with E-state index < -0.39 is 17.5 Å². The van der Waals surface area contributed by atoms with E-state index in [1.54, 1.807) is 0 Å². The third-order valence-corrected chi connectivity index (χ3v) is 13.2. The van der Waals surface area contributed by atoms with Gasteiger partial charge in [0.05, 0.1) is 17.6 Å². The van der Waals surface area contributed by atoms with Crippen LogP contribution in [0.25, 0.3) is 0 Å². The Labute approximate surface area is 206 Å².